The van der Waals surface area contributed by atoms with E-state index in [9.17, 15) is 4.39 Å². The van der Waals surface area contributed by atoms with Crippen molar-refractivity contribution in [3.8, 4) is 6.07 Å². The van der Waals surface area contributed by atoms with Crippen LogP contribution in [0, 0.1) is 24.1 Å². The van der Waals surface area contributed by atoms with Crippen LogP contribution in [0.15, 0.2) is 18.2 Å². The average Bonchev–Trinajstić information content (AvgIpc) is 2.12. The van der Waals surface area contributed by atoms with Gasteiger partial charge in [0.15, 0.2) is 0 Å². The van der Waals surface area contributed by atoms with E-state index in [4.69, 9.17) is 5.26 Å². The second-order valence-electron chi connectivity index (χ2n) is 3.37. The molecule has 1 atom stereocenters. The molecule has 0 amide bonds. The fourth-order valence-corrected chi connectivity index (χ4v) is 1.20. The van der Waals surface area contributed by atoms with E-state index in [-0.39, 0.29) is 11.9 Å². The first-order valence-corrected chi connectivity index (χ1v) is 4.53. The van der Waals surface area contributed by atoms with Gasteiger partial charge in [-0.2, -0.15) is 5.26 Å². The Kier molecular flexibility index (Phi) is 3.47. The molecule has 0 spiro atoms. The molecule has 0 aliphatic carbocycles. The Balaban J connectivity index is 2.76. The number of anilines is 1. The molecule has 1 N–H and O–H groups in total. The van der Waals surface area contributed by atoms with Gasteiger partial charge in [-0.1, -0.05) is 6.07 Å². The van der Waals surface area contributed by atoms with Crippen LogP contribution in [0.1, 0.15) is 18.9 Å². The highest BCUT2D eigenvalue weighted by atomic mass is 19.1. The molecule has 1 unspecified atom stereocenters. The van der Waals surface area contributed by atoms with Gasteiger partial charge in [0.1, 0.15) is 5.82 Å². The molecule has 74 valence electrons. The van der Waals surface area contributed by atoms with Gasteiger partial charge >= 0.3 is 0 Å². The third kappa shape index (κ3) is 2.74. The highest BCUT2D eigenvalue weighted by Crippen LogP contribution is 2.17. The topological polar surface area (TPSA) is 35.8 Å². The summed E-state index contributed by atoms with van der Waals surface area (Å²) in [5.74, 6) is -0.262. The van der Waals surface area contributed by atoms with Crippen molar-refractivity contribution in [3.05, 3.63) is 29.6 Å². The second kappa shape index (κ2) is 4.61. The van der Waals surface area contributed by atoms with Crippen molar-refractivity contribution >= 4 is 5.69 Å². The van der Waals surface area contributed by atoms with Crippen LogP contribution >= 0.6 is 0 Å². The van der Waals surface area contributed by atoms with Crippen molar-refractivity contribution in [1.29, 1.82) is 5.26 Å². The predicted molar refractivity (Wildman–Crippen MR) is 54.5 cm³/mol. The normalized spacial score (nSPS) is 11.9. The fourth-order valence-electron chi connectivity index (χ4n) is 1.20. The average molecular weight is 192 g/mol. The lowest BCUT2D eigenvalue weighted by molar-refractivity contribution is 0.627. The smallest absolute Gasteiger partial charge is 0.125 e. The number of nitrogens with one attached hydrogen (secondary N) is 1. The standard InChI is InChI=1S/C11H13FN2/c1-8-3-4-10(12)7-11(8)14-9(2)5-6-13/h3-4,7,9,14H,5H2,1-2H3. The zero-order chi connectivity index (χ0) is 10.6. The molecule has 0 aromatic heterocycles. The Labute approximate surface area is 83.4 Å². The minimum atomic E-state index is -0.262. The maximum atomic E-state index is 12.9. The molecule has 0 saturated heterocycles. The van der Waals surface area contributed by atoms with Crippen LogP contribution in [0.5, 0.6) is 0 Å². The van der Waals surface area contributed by atoms with Gasteiger partial charge in [0.2, 0.25) is 0 Å². The molecule has 1 aromatic carbocycles. The minimum absolute atomic E-state index is 0.0421. The number of aryl methyl sites for hydroxylation is 1. The molecule has 2 nitrogen and oxygen atoms in total. The third-order valence-corrected chi connectivity index (χ3v) is 2.00. The van der Waals surface area contributed by atoms with Crippen LogP contribution in [-0.2, 0) is 0 Å². The van der Waals surface area contributed by atoms with E-state index in [0.29, 0.717) is 6.42 Å². The summed E-state index contributed by atoms with van der Waals surface area (Å²) in [6.45, 7) is 3.80. The predicted octanol–water partition coefficient (Wildman–Crippen LogP) is 2.85. The molecule has 0 bridgehead atoms. The summed E-state index contributed by atoms with van der Waals surface area (Å²) in [7, 11) is 0. The Morgan fingerprint density at radius 2 is 2.29 bits per heavy atom. The summed E-state index contributed by atoms with van der Waals surface area (Å²) in [4.78, 5) is 0. The molecule has 0 aliphatic rings. The summed E-state index contributed by atoms with van der Waals surface area (Å²) in [6, 6.07) is 6.70. The summed E-state index contributed by atoms with van der Waals surface area (Å²) >= 11 is 0. The highest BCUT2D eigenvalue weighted by molar-refractivity contribution is 5.51. The van der Waals surface area contributed by atoms with Crippen LogP contribution in [0.2, 0.25) is 0 Å². The molecule has 0 aliphatic heterocycles. The Hall–Kier alpha value is -1.56. The third-order valence-electron chi connectivity index (χ3n) is 2.00. The largest absolute Gasteiger partial charge is 0.381 e. The van der Waals surface area contributed by atoms with Crippen LogP contribution in [0.4, 0.5) is 10.1 Å². The molecule has 3 heteroatoms. The summed E-state index contributed by atoms with van der Waals surface area (Å²) < 4.78 is 12.9. The van der Waals surface area contributed by atoms with Gasteiger partial charge in [-0.15, -0.1) is 0 Å². The van der Waals surface area contributed by atoms with Gasteiger partial charge in [0.05, 0.1) is 12.5 Å². The molecular formula is C11H13FN2. The minimum Gasteiger partial charge on any atom is -0.381 e. The van der Waals surface area contributed by atoms with Gasteiger partial charge in [0.25, 0.3) is 0 Å². The molecular weight excluding hydrogens is 179 g/mol. The SMILES string of the molecule is Cc1ccc(F)cc1NC(C)CC#N. The first kappa shape index (κ1) is 10.5. The van der Waals surface area contributed by atoms with Gasteiger partial charge in [-0.3, -0.25) is 0 Å². The maximum absolute atomic E-state index is 12.9. The molecule has 0 heterocycles. The first-order chi connectivity index (χ1) is 6.63. The van der Waals surface area contributed by atoms with Crippen LogP contribution in [-0.4, -0.2) is 6.04 Å². The highest BCUT2D eigenvalue weighted by Gasteiger charge is 2.04. The van der Waals surface area contributed by atoms with Gasteiger partial charge < -0.3 is 5.32 Å². The van der Waals surface area contributed by atoms with Crippen molar-refractivity contribution in [2.75, 3.05) is 5.32 Å². The quantitative estimate of drug-likeness (QED) is 0.799. The number of halogens is 1. The van der Waals surface area contributed by atoms with Gasteiger partial charge in [0, 0.05) is 11.7 Å². The Morgan fingerprint density at radius 3 is 2.93 bits per heavy atom. The lowest BCUT2D eigenvalue weighted by Gasteiger charge is -2.14. The zero-order valence-corrected chi connectivity index (χ0v) is 8.34. The van der Waals surface area contributed by atoms with Crippen LogP contribution in [0.3, 0.4) is 0 Å². The number of nitriles is 1. The molecule has 1 aromatic rings. The van der Waals surface area contributed by atoms with E-state index in [2.05, 4.69) is 11.4 Å². The van der Waals surface area contributed by atoms with Crippen molar-refractivity contribution in [3.63, 3.8) is 0 Å². The first-order valence-electron chi connectivity index (χ1n) is 4.53. The number of hydrogen-bond acceptors (Lipinski definition) is 2. The van der Waals surface area contributed by atoms with E-state index in [1.807, 2.05) is 13.8 Å². The summed E-state index contributed by atoms with van der Waals surface area (Å²) in [6.07, 6.45) is 0.413. The zero-order valence-electron chi connectivity index (χ0n) is 8.34. The second-order valence-corrected chi connectivity index (χ2v) is 3.37. The molecule has 0 fully saturated rings. The van der Waals surface area contributed by atoms with E-state index >= 15 is 0 Å². The number of rotatable bonds is 3. The van der Waals surface area contributed by atoms with Crippen molar-refractivity contribution in [1.82, 2.24) is 0 Å². The van der Waals surface area contributed by atoms with Crippen molar-refractivity contribution in [2.24, 2.45) is 0 Å². The maximum Gasteiger partial charge on any atom is 0.125 e. The van der Waals surface area contributed by atoms with E-state index < -0.39 is 0 Å². The van der Waals surface area contributed by atoms with Gasteiger partial charge in [-0.25, -0.2) is 4.39 Å². The number of hydrogen-bond donors (Lipinski definition) is 1. The van der Waals surface area contributed by atoms with E-state index in [0.717, 1.165) is 11.3 Å². The molecule has 1 rings (SSSR count). The Bertz CT molecular complexity index is 355. The lowest BCUT2D eigenvalue weighted by atomic mass is 10.1. The van der Waals surface area contributed by atoms with Gasteiger partial charge in [-0.05, 0) is 31.5 Å². The molecule has 0 saturated carbocycles. The number of benzene rings is 1. The monoisotopic (exact) mass is 192 g/mol. The van der Waals surface area contributed by atoms with Crippen LogP contribution in [0.25, 0.3) is 0 Å². The molecule has 0 radical (unpaired) electrons. The fraction of sp³-hybridized carbons (Fsp3) is 0.364. The van der Waals surface area contributed by atoms with Crippen molar-refractivity contribution < 1.29 is 4.39 Å². The number of nitrogens with zero attached hydrogens (tertiary/aromatic N) is 1. The van der Waals surface area contributed by atoms with Crippen molar-refractivity contribution in [2.45, 2.75) is 26.3 Å². The summed E-state index contributed by atoms with van der Waals surface area (Å²) in [5.41, 5.74) is 1.74. The van der Waals surface area contributed by atoms with E-state index in [1.165, 1.54) is 12.1 Å². The lowest BCUT2D eigenvalue weighted by Crippen LogP contribution is -2.14. The van der Waals surface area contributed by atoms with E-state index in [1.54, 1.807) is 6.07 Å². The Morgan fingerprint density at radius 1 is 1.57 bits per heavy atom. The molecule has 14 heavy (non-hydrogen) atoms. The summed E-state index contributed by atoms with van der Waals surface area (Å²) in [5, 5.41) is 11.6. The van der Waals surface area contributed by atoms with Crippen LogP contribution < -0.4 is 5.32 Å².